The van der Waals surface area contributed by atoms with Crippen LogP contribution in [0.25, 0.3) is 11.0 Å². The third kappa shape index (κ3) is 4.62. The number of methoxy groups -OCH3 is 2. The molecule has 4 rings (SSSR count). The molecule has 0 saturated carbocycles. The van der Waals surface area contributed by atoms with Crippen molar-refractivity contribution in [2.45, 2.75) is 39.2 Å². The third-order valence-electron chi connectivity index (χ3n) is 5.98. The van der Waals surface area contributed by atoms with Gasteiger partial charge in [0.15, 0.2) is 0 Å². The Morgan fingerprint density at radius 1 is 0.941 bits per heavy atom. The number of hydrogen-bond donors (Lipinski definition) is 1. The van der Waals surface area contributed by atoms with Gasteiger partial charge in [-0.1, -0.05) is 13.8 Å². The van der Waals surface area contributed by atoms with E-state index in [1.807, 2.05) is 0 Å². The summed E-state index contributed by atoms with van der Waals surface area (Å²) in [6, 6.07) is 8.88. The van der Waals surface area contributed by atoms with Crippen LogP contribution in [0.4, 0.5) is 0 Å². The molecule has 34 heavy (non-hydrogen) atoms. The molecule has 0 aliphatic heterocycles. The summed E-state index contributed by atoms with van der Waals surface area (Å²) in [6.45, 7) is 3.61. The standard InChI is InChI=1S/C26H27NO7/c1-14(2)23(27-24(28)15-10-17(31-3)12-18(11-15)32-4)26(30)33-16-8-9-20-19-6-5-7-21(19)25(29)34-22(20)13-16/h8-14,23H,5-7H2,1-4H3,(H,27,28)/t23-/m1/s1. The van der Waals surface area contributed by atoms with E-state index in [1.54, 1.807) is 50.2 Å². The Balaban J connectivity index is 1.55. The highest BCUT2D eigenvalue weighted by atomic mass is 16.5. The number of rotatable bonds is 7. The van der Waals surface area contributed by atoms with E-state index in [-0.39, 0.29) is 22.9 Å². The summed E-state index contributed by atoms with van der Waals surface area (Å²) in [5, 5.41) is 3.59. The molecule has 0 bridgehead atoms. The summed E-state index contributed by atoms with van der Waals surface area (Å²) in [7, 11) is 2.98. The normalized spacial score (nSPS) is 13.4. The summed E-state index contributed by atoms with van der Waals surface area (Å²) in [5.41, 5.74) is 2.06. The minimum atomic E-state index is -0.910. The highest BCUT2D eigenvalue weighted by Gasteiger charge is 2.28. The number of esters is 1. The fraction of sp³-hybridized carbons (Fsp3) is 0.346. The lowest BCUT2D eigenvalue weighted by Crippen LogP contribution is -2.46. The van der Waals surface area contributed by atoms with Gasteiger partial charge in [-0.25, -0.2) is 9.59 Å². The van der Waals surface area contributed by atoms with Gasteiger partial charge >= 0.3 is 11.6 Å². The summed E-state index contributed by atoms with van der Waals surface area (Å²) in [6.07, 6.45) is 2.47. The third-order valence-corrected chi connectivity index (χ3v) is 5.98. The first kappa shape index (κ1) is 23.4. The van der Waals surface area contributed by atoms with Gasteiger partial charge in [0, 0.05) is 28.6 Å². The van der Waals surface area contributed by atoms with Crippen molar-refractivity contribution in [1.29, 1.82) is 0 Å². The van der Waals surface area contributed by atoms with E-state index in [1.165, 1.54) is 14.2 Å². The number of amides is 1. The van der Waals surface area contributed by atoms with Gasteiger partial charge in [0.05, 0.1) is 14.2 Å². The van der Waals surface area contributed by atoms with Crippen LogP contribution in [0.5, 0.6) is 17.2 Å². The van der Waals surface area contributed by atoms with E-state index in [4.69, 9.17) is 18.6 Å². The van der Waals surface area contributed by atoms with Crippen molar-refractivity contribution in [3.05, 3.63) is 63.5 Å². The van der Waals surface area contributed by atoms with Crippen LogP contribution in [0, 0.1) is 5.92 Å². The molecule has 1 atom stereocenters. The van der Waals surface area contributed by atoms with Crippen molar-refractivity contribution in [2.75, 3.05) is 14.2 Å². The number of aryl methyl sites for hydroxylation is 1. The van der Waals surface area contributed by atoms with E-state index in [9.17, 15) is 14.4 Å². The van der Waals surface area contributed by atoms with Crippen LogP contribution in [-0.4, -0.2) is 32.1 Å². The molecular weight excluding hydrogens is 438 g/mol. The lowest BCUT2D eigenvalue weighted by molar-refractivity contribution is -0.137. The van der Waals surface area contributed by atoms with Crippen molar-refractivity contribution < 1.29 is 28.2 Å². The van der Waals surface area contributed by atoms with Gasteiger partial charge in [0.2, 0.25) is 0 Å². The van der Waals surface area contributed by atoms with Gasteiger partial charge in [-0.15, -0.1) is 0 Å². The second-order valence-corrected chi connectivity index (χ2v) is 8.58. The van der Waals surface area contributed by atoms with Crippen LogP contribution in [0.2, 0.25) is 0 Å². The molecule has 3 aromatic rings. The fourth-order valence-corrected chi connectivity index (χ4v) is 4.17. The van der Waals surface area contributed by atoms with E-state index >= 15 is 0 Å². The van der Waals surface area contributed by atoms with Crippen LogP contribution in [0.1, 0.15) is 41.8 Å². The Kier molecular flexibility index (Phi) is 6.58. The number of carbonyl (C=O) groups excluding carboxylic acids is 2. The quantitative estimate of drug-likeness (QED) is 0.323. The number of benzene rings is 2. The van der Waals surface area contributed by atoms with Crippen LogP contribution in [0.3, 0.4) is 0 Å². The van der Waals surface area contributed by atoms with Crippen molar-refractivity contribution in [1.82, 2.24) is 5.32 Å². The van der Waals surface area contributed by atoms with Crippen molar-refractivity contribution in [3.63, 3.8) is 0 Å². The molecule has 1 heterocycles. The Hall–Kier alpha value is -3.81. The molecular formula is C26H27NO7. The summed E-state index contributed by atoms with van der Waals surface area (Å²) in [4.78, 5) is 38.1. The smallest absolute Gasteiger partial charge is 0.339 e. The lowest BCUT2D eigenvalue weighted by Gasteiger charge is -2.21. The first-order chi connectivity index (χ1) is 16.3. The molecule has 0 radical (unpaired) electrons. The highest BCUT2D eigenvalue weighted by Crippen LogP contribution is 2.30. The second-order valence-electron chi connectivity index (χ2n) is 8.58. The second kappa shape index (κ2) is 9.59. The average molecular weight is 466 g/mol. The van der Waals surface area contributed by atoms with Crippen molar-refractivity contribution >= 4 is 22.8 Å². The molecule has 0 spiro atoms. The summed E-state index contributed by atoms with van der Waals surface area (Å²) < 4.78 is 21.5. The Morgan fingerprint density at radius 3 is 2.26 bits per heavy atom. The van der Waals surface area contributed by atoms with Crippen LogP contribution >= 0.6 is 0 Å². The summed E-state index contributed by atoms with van der Waals surface area (Å²) in [5.74, 6) is -0.184. The van der Waals surface area contributed by atoms with E-state index in [2.05, 4.69) is 5.32 Å². The lowest BCUT2D eigenvalue weighted by atomic mass is 10.0. The first-order valence-electron chi connectivity index (χ1n) is 11.1. The van der Waals surface area contributed by atoms with Crippen LogP contribution in [0.15, 0.2) is 45.6 Å². The molecule has 1 N–H and O–H groups in total. The van der Waals surface area contributed by atoms with Gasteiger partial charge in [0.25, 0.3) is 5.91 Å². The number of nitrogens with one attached hydrogen (secondary N) is 1. The predicted molar refractivity (Wildman–Crippen MR) is 126 cm³/mol. The Morgan fingerprint density at radius 2 is 1.62 bits per heavy atom. The topological polar surface area (TPSA) is 104 Å². The Bertz CT molecular complexity index is 1290. The van der Waals surface area contributed by atoms with Gasteiger partial charge < -0.3 is 23.9 Å². The number of fused-ring (bicyclic) bond motifs is 3. The average Bonchev–Trinajstić information content (AvgIpc) is 3.32. The number of carbonyl (C=O) groups is 2. The SMILES string of the molecule is COc1cc(OC)cc(C(=O)N[C@@H](C(=O)Oc2ccc3c4c(c(=O)oc3c2)CCC4)C(C)C)c1. The first-order valence-corrected chi connectivity index (χ1v) is 11.1. The van der Waals surface area contributed by atoms with Gasteiger partial charge in [0.1, 0.15) is 28.9 Å². The van der Waals surface area contributed by atoms with Gasteiger partial charge in [-0.05, 0) is 55.0 Å². The molecule has 1 aromatic heterocycles. The predicted octanol–water partition coefficient (Wildman–Crippen LogP) is 3.66. The highest BCUT2D eigenvalue weighted by molar-refractivity contribution is 5.98. The molecule has 0 saturated heterocycles. The molecule has 0 unspecified atom stereocenters. The maximum absolute atomic E-state index is 13.0. The molecule has 1 aliphatic carbocycles. The Labute approximate surface area is 196 Å². The zero-order valence-corrected chi connectivity index (χ0v) is 19.6. The molecule has 8 nitrogen and oxygen atoms in total. The monoisotopic (exact) mass is 465 g/mol. The molecule has 2 aromatic carbocycles. The molecule has 1 aliphatic rings. The van der Waals surface area contributed by atoms with Crippen LogP contribution in [-0.2, 0) is 17.6 Å². The van der Waals surface area contributed by atoms with E-state index < -0.39 is 17.9 Å². The maximum atomic E-state index is 13.0. The minimum absolute atomic E-state index is 0.238. The molecule has 178 valence electrons. The maximum Gasteiger partial charge on any atom is 0.339 e. The van der Waals surface area contributed by atoms with E-state index in [0.717, 1.165) is 35.8 Å². The largest absolute Gasteiger partial charge is 0.497 e. The summed E-state index contributed by atoms with van der Waals surface area (Å²) >= 11 is 0. The molecule has 1 amide bonds. The molecule has 8 heteroatoms. The molecule has 0 fully saturated rings. The van der Waals surface area contributed by atoms with Gasteiger partial charge in [-0.2, -0.15) is 0 Å². The van der Waals surface area contributed by atoms with Crippen molar-refractivity contribution in [3.8, 4) is 17.2 Å². The zero-order chi connectivity index (χ0) is 24.4. The van der Waals surface area contributed by atoms with Gasteiger partial charge in [-0.3, -0.25) is 4.79 Å². The minimum Gasteiger partial charge on any atom is -0.497 e. The zero-order valence-electron chi connectivity index (χ0n) is 19.6. The van der Waals surface area contributed by atoms with Crippen molar-refractivity contribution in [2.24, 2.45) is 5.92 Å². The number of hydrogen-bond acceptors (Lipinski definition) is 7. The fourth-order valence-electron chi connectivity index (χ4n) is 4.17. The van der Waals surface area contributed by atoms with Crippen LogP contribution < -0.4 is 25.2 Å². The van der Waals surface area contributed by atoms with E-state index in [0.29, 0.717) is 17.1 Å². The number of ether oxygens (including phenoxy) is 3.